The number of carbonyl (C=O) groups is 1. The van der Waals surface area contributed by atoms with E-state index in [-0.39, 0.29) is 0 Å². The molecule has 0 rings (SSSR count). The minimum absolute atomic E-state index is 0.389. The van der Waals surface area contributed by atoms with E-state index in [2.05, 4.69) is 13.8 Å². The zero-order valence-corrected chi connectivity index (χ0v) is 19.0. The van der Waals surface area contributed by atoms with Crippen LogP contribution in [0.15, 0.2) is 0 Å². The highest BCUT2D eigenvalue weighted by atomic mass is 16.1. The van der Waals surface area contributed by atoms with Gasteiger partial charge in [-0.15, -0.1) is 0 Å². The Bertz CT molecular complexity index is 284. The van der Waals surface area contributed by atoms with Crippen LogP contribution in [0.5, 0.6) is 0 Å². The molecule has 0 bridgehead atoms. The molecule has 0 aliphatic heterocycles. The van der Waals surface area contributed by atoms with Crippen molar-refractivity contribution in [2.75, 3.05) is 0 Å². The fraction of sp³-hybridized carbons (Fsp3) is 0.923. The van der Waals surface area contributed by atoms with E-state index in [9.17, 15) is 4.79 Å². The summed E-state index contributed by atoms with van der Waals surface area (Å²) in [5.74, 6) is 0.389. The molecule has 0 atom stereocenters. The predicted octanol–water partition coefficient (Wildman–Crippen LogP) is 9.38. The molecule has 0 aliphatic carbocycles. The SMILES string of the molecule is CCCCCCC[CH]C(=O)CCCCCCCCCCCCCCCCC. The van der Waals surface area contributed by atoms with Gasteiger partial charge in [0.25, 0.3) is 0 Å². The van der Waals surface area contributed by atoms with E-state index in [1.54, 1.807) is 0 Å². The summed E-state index contributed by atoms with van der Waals surface area (Å²) in [6.45, 7) is 4.53. The van der Waals surface area contributed by atoms with E-state index in [1.165, 1.54) is 122 Å². The van der Waals surface area contributed by atoms with Crippen molar-refractivity contribution in [1.29, 1.82) is 0 Å². The van der Waals surface area contributed by atoms with Crippen molar-refractivity contribution in [3.05, 3.63) is 6.42 Å². The van der Waals surface area contributed by atoms with Crippen LogP contribution in [0.2, 0.25) is 0 Å². The summed E-state index contributed by atoms with van der Waals surface area (Å²) in [5, 5.41) is 0. The monoisotopic (exact) mass is 379 g/mol. The second-order valence-electron chi connectivity index (χ2n) is 8.57. The van der Waals surface area contributed by atoms with Crippen molar-refractivity contribution >= 4 is 5.78 Å². The Morgan fingerprint density at radius 2 is 0.815 bits per heavy atom. The molecule has 0 amide bonds. The number of ketones is 1. The summed E-state index contributed by atoms with van der Waals surface area (Å²) in [6.07, 6.45) is 30.9. The van der Waals surface area contributed by atoms with E-state index in [1.807, 2.05) is 6.42 Å². The van der Waals surface area contributed by atoms with Crippen molar-refractivity contribution < 1.29 is 4.79 Å². The Labute approximate surface area is 172 Å². The zero-order chi connectivity index (χ0) is 19.8. The van der Waals surface area contributed by atoms with Gasteiger partial charge in [-0.05, 0) is 12.8 Å². The Morgan fingerprint density at radius 1 is 0.481 bits per heavy atom. The molecule has 0 aromatic rings. The summed E-state index contributed by atoms with van der Waals surface area (Å²) in [7, 11) is 0. The second kappa shape index (κ2) is 23.7. The molecule has 1 nitrogen and oxygen atoms in total. The first kappa shape index (κ1) is 26.7. The standard InChI is InChI=1S/C26H51O/c1-3-5-7-9-11-12-13-14-15-16-17-18-19-21-23-25-26(27)24-22-20-10-8-6-4-2/h24H,3-23,25H2,1-2H3. The molecule has 0 fully saturated rings. The fourth-order valence-electron chi connectivity index (χ4n) is 3.78. The van der Waals surface area contributed by atoms with Crippen molar-refractivity contribution in [3.63, 3.8) is 0 Å². The third-order valence-electron chi connectivity index (χ3n) is 5.71. The molecule has 0 spiro atoms. The van der Waals surface area contributed by atoms with E-state index in [0.29, 0.717) is 5.78 Å². The van der Waals surface area contributed by atoms with Crippen LogP contribution >= 0.6 is 0 Å². The normalized spacial score (nSPS) is 11.2. The van der Waals surface area contributed by atoms with Crippen LogP contribution in [0.1, 0.15) is 155 Å². The lowest BCUT2D eigenvalue weighted by Crippen LogP contribution is -1.98. The maximum atomic E-state index is 11.8. The van der Waals surface area contributed by atoms with Gasteiger partial charge in [0.1, 0.15) is 5.78 Å². The molecule has 161 valence electrons. The lowest BCUT2D eigenvalue weighted by molar-refractivity contribution is -0.116. The topological polar surface area (TPSA) is 17.1 Å². The minimum Gasteiger partial charge on any atom is -0.299 e. The molecule has 0 N–H and O–H groups in total. The molecular formula is C26H51O. The molecule has 1 radical (unpaired) electrons. The molecule has 0 unspecified atom stereocenters. The third kappa shape index (κ3) is 23.6. The van der Waals surface area contributed by atoms with Gasteiger partial charge >= 0.3 is 0 Å². The highest BCUT2D eigenvalue weighted by Crippen LogP contribution is 2.14. The number of hydrogen-bond acceptors (Lipinski definition) is 1. The van der Waals surface area contributed by atoms with E-state index in [4.69, 9.17) is 0 Å². The summed E-state index contributed by atoms with van der Waals surface area (Å²) >= 11 is 0. The zero-order valence-electron chi connectivity index (χ0n) is 19.0. The molecule has 0 aliphatic rings. The second-order valence-corrected chi connectivity index (χ2v) is 8.57. The maximum Gasteiger partial charge on any atom is 0.136 e. The third-order valence-corrected chi connectivity index (χ3v) is 5.71. The molecule has 0 aromatic heterocycles. The van der Waals surface area contributed by atoms with Crippen molar-refractivity contribution in [1.82, 2.24) is 0 Å². The average molecular weight is 380 g/mol. The van der Waals surface area contributed by atoms with Gasteiger partial charge in [-0.1, -0.05) is 136 Å². The average Bonchev–Trinajstić information content (AvgIpc) is 2.67. The van der Waals surface area contributed by atoms with Gasteiger partial charge < -0.3 is 0 Å². The maximum absolute atomic E-state index is 11.8. The molecule has 0 saturated heterocycles. The van der Waals surface area contributed by atoms with Crippen LogP contribution in [0.3, 0.4) is 0 Å². The highest BCUT2D eigenvalue weighted by Gasteiger charge is 2.02. The molecule has 0 saturated carbocycles. The van der Waals surface area contributed by atoms with Crippen molar-refractivity contribution in [2.24, 2.45) is 0 Å². The van der Waals surface area contributed by atoms with Crippen LogP contribution in [-0.4, -0.2) is 5.78 Å². The lowest BCUT2D eigenvalue weighted by Gasteiger charge is -2.04. The van der Waals surface area contributed by atoms with Crippen LogP contribution in [-0.2, 0) is 4.79 Å². The van der Waals surface area contributed by atoms with Crippen molar-refractivity contribution in [3.8, 4) is 0 Å². The number of Topliss-reactive ketones (excluding diaryl/α,β-unsaturated/α-hetero) is 1. The number of carbonyl (C=O) groups excluding carboxylic acids is 1. The van der Waals surface area contributed by atoms with Crippen LogP contribution in [0.25, 0.3) is 0 Å². The quantitative estimate of drug-likeness (QED) is 0.162. The first-order valence-corrected chi connectivity index (χ1v) is 12.7. The number of hydrogen-bond donors (Lipinski definition) is 0. The summed E-state index contributed by atoms with van der Waals surface area (Å²) < 4.78 is 0. The summed E-state index contributed by atoms with van der Waals surface area (Å²) in [5.41, 5.74) is 0. The Morgan fingerprint density at radius 3 is 1.22 bits per heavy atom. The first-order chi connectivity index (χ1) is 13.3. The van der Waals surface area contributed by atoms with Gasteiger partial charge in [0.05, 0.1) is 0 Å². The Kier molecular flexibility index (Phi) is 23.4. The molecule has 1 heteroatoms. The van der Waals surface area contributed by atoms with E-state index >= 15 is 0 Å². The van der Waals surface area contributed by atoms with E-state index in [0.717, 1.165) is 19.3 Å². The minimum atomic E-state index is 0.389. The van der Waals surface area contributed by atoms with Gasteiger partial charge in [-0.2, -0.15) is 0 Å². The van der Waals surface area contributed by atoms with Gasteiger partial charge in [0, 0.05) is 12.8 Å². The summed E-state index contributed by atoms with van der Waals surface area (Å²) in [4.78, 5) is 11.8. The van der Waals surface area contributed by atoms with Crippen LogP contribution < -0.4 is 0 Å². The Hall–Kier alpha value is -0.330. The van der Waals surface area contributed by atoms with Gasteiger partial charge in [0.15, 0.2) is 0 Å². The highest BCUT2D eigenvalue weighted by molar-refractivity contribution is 5.86. The van der Waals surface area contributed by atoms with Gasteiger partial charge in [-0.3, -0.25) is 4.79 Å². The smallest absolute Gasteiger partial charge is 0.136 e. The lowest BCUT2D eigenvalue weighted by atomic mass is 10.0. The van der Waals surface area contributed by atoms with Crippen LogP contribution in [0.4, 0.5) is 0 Å². The molecule has 0 heterocycles. The largest absolute Gasteiger partial charge is 0.299 e. The fourth-order valence-corrected chi connectivity index (χ4v) is 3.78. The molecule has 27 heavy (non-hydrogen) atoms. The summed E-state index contributed by atoms with van der Waals surface area (Å²) in [6, 6.07) is 0. The van der Waals surface area contributed by atoms with E-state index < -0.39 is 0 Å². The van der Waals surface area contributed by atoms with Crippen molar-refractivity contribution in [2.45, 2.75) is 155 Å². The van der Waals surface area contributed by atoms with Gasteiger partial charge in [-0.25, -0.2) is 0 Å². The molecule has 0 aromatic carbocycles. The first-order valence-electron chi connectivity index (χ1n) is 12.7. The van der Waals surface area contributed by atoms with Gasteiger partial charge in [0.2, 0.25) is 0 Å². The number of unbranched alkanes of at least 4 members (excludes halogenated alkanes) is 19. The molecular weight excluding hydrogens is 328 g/mol. The number of rotatable bonds is 23. The predicted molar refractivity (Wildman–Crippen MR) is 122 cm³/mol. The Balaban J connectivity index is 3.10. The van der Waals surface area contributed by atoms with Crippen LogP contribution in [0, 0.1) is 6.42 Å².